The first kappa shape index (κ1) is 11.4. The molecule has 1 aromatic carbocycles. The number of hydrogen-bond donors (Lipinski definition) is 1. The molecule has 1 N–H and O–H groups in total. The molecule has 0 saturated heterocycles. The summed E-state index contributed by atoms with van der Waals surface area (Å²) in [4.78, 5) is 10.6. The topological polar surface area (TPSA) is 55.8 Å². The van der Waals surface area contributed by atoms with Crippen molar-refractivity contribution in [3.8, 4) is 17.2 Å². The second kappa shape index (κ2) is 5.24. The molecule has 82 valence electrons. The van der Waals surface area contributed by atoms with Gasteiger partial charge in [-0.1, -0.05) is 6.92 Å². The predicted molar refractivity (Wildman–Crippen MR) is 55.8 cm³/mol. The number of carbonyl (C=O) groups excluding carboxylic acids is 1. The van der Waals surface area contributed by atoms with Crippen LogP contribution in [0.5, 0.6) is 17.2 Å². The molecule has 0 aliphatic rings. The van der Waals surface area contributed by atoms with Crippen LogP contribution in [-0.2, 0) is 0 Å². The summed E-state index contributed by atoms with van der Waals surface area (Å²) in [6, 6.07) is 2.95. The van der Waals surface area contributed by atoms with E-state index in [2.05, 4.69) is 0 Å². The maximum absolute atomic E-state index is 10.6. The lowest BCUT2D eigenvalue weighted by molar-refractivity contribution is 0.112. The van der Waals surface area contributed by atoms with E-state index >= 15 is 0 Å². The molecule has 4 heteroatoms. The monoisotopic (exact) mass is 210 g/mol. The minimum Gasteiger partial charge on any atom is -0.502 e. The van der Waals surface area contributed by atoms with E-state index in [9.17, 15) is 9.90 Å². The van der Waals surface area contributed by atoms with Crippen molar-refractivity contribution in [2.75, 3.05) is 13.7 Å². The smallest absolute Gasteiger partial charge is 0.200 e. The van der Waals surface area contributed by atoms with Crippen molar-refractivity contribution in [1.82, 2.24) is 0 Å². The van der Waals surface area contributed by atoms with Gasteiger partial charge in [0.1, 0.15) is 6.29 Å². The predicted octanol–water partition coefficient (Wildman–Crippen LogP) is 2.00. The normalized spacial score (nSPS) is 9.73. The van der Waals surface area contributed by atoms with Crippen LogP contribution in [0.15, 0.2) is 12.1 Å². The lowest BCUT2D eigenvalue weighted by atomic mass is 10.2. The van der Waals surface area contributed by atoms with Gasteiger partial charge in [0.15, 0.2) is 11.5 Å². The van der Waals surface area contributed by atoms with E-state index in [4.69, 9.17) is 9.47 Å². The fourth-order valence-electron chi connectivity index (χ4n) is 1.15. The Morgan fingerprint density at radius 3 is 2.60 bits per heavy atom. The Balaban J connectivity index is 3.06. The van der Waals surface area contributed by atoms with Crippen LogP contribution in [0.3, 0.4) is 0 Å². The van der Waals surface area contributed by atoms with E-state index < -0.39 is 0 Å². The van der Waals surface area contributed by atoms with Crippen molar-refractivity contribution in [3.05, 3.63) is 17.7 Å². The van der Waals surface area contributed by atoms with Gasteiger partial charge in [-0.2, -0.15) is 0 Å². The molecule has 0 fully saturated rings. The van der Waals surface area contributed by atoms with Crippen molar-refractivity contribution >= 4 is 6.29 Å². The van der Waals surface area contributed by atoms with Crippen LogP contribution in [0.4, 0.5) is 0 Å². The van der Waals surface area contributed by atoms with E-state index in [-0.39, 0.29) is 17.2 Å². The van der Waals surface area contributed by atoms with Crippen molar-refractivity contribution < 1.29 is 19.4 Å². The quantitative estimate of drug-likeness (QED) is 0.755. The first-order valence-electron chi connectivity index (χ1n) is 4.71. The van der Waals surface area contributed by atoms with Crippen molar-refractivity contribution in [2.45, 2.75) is 13.3 Å². The minimum atomic E-state index is -0.0726. The highest BCUT2D eigenvalue weighted by atomic mass is 16.5. The zero-order valence-corrected chi connectivity index (χ0v) is 8.82. The van der Waals surface area contributed by atoms with Gasteiger partial charge in [0.2, 0.25) is 5.75 Å². The summed E-state index contributed by atoms with van der Waals surface area (Å²) >= 11 is 0. The molecular weight excluding hydrogens is 196 g/mol. The Morgan fingerprint density at radius 1 is 1.40 bits per heavy atom. The number of rotatable bonds is 5. The van der Waals surface area contributed by atoms with Gasteiger partial charge in [0.25, 0.3) is 0 Å². The second-order valence-electron chi connectivity index (χ2n) is 3.04. The molecule has 0 aliphatic heterocycles. The Hall–Kier alpha value is -1.71. The highest BCUT2D eigenvalue weighted by Gasteiger charge is 2.11. The molecule has 1 aromatic rings. The summed E-state index contributed by atoms with van der Waals surface area (Å²) in [6.45, 7) is 2.44. The van der Waals surface area contributed by atoms with Gasteiger partial charge in [-0.25, -0.2) is 0 Å². The molecular formula is C11H14O4. The summed E-state index contributed by atoms with van der Waals surface area (Å²) in [6.07, 6.45) is 1.51. The van der Waals surface area contributed by atoms with Gasteiger partial charge in [0.05, 0.1) is 13.7 Å². The Kier molecular flexibility index (Phi) is 3.97. The Morgan fingerprint density at radius 2 is 2.07 bits per heavy atom. The number of phenolic OH excluding ortho intramolecular Hbond substituents is 1. The zero-order valence-electron chi connectivity index (χ0n) is 8.82. The molecule has 0 radical (unpaired) electrons. The van der Waals surface area contributed by atoms with E-state index in [1.165, 1.54) is 19.2 Å². The average molecular weight is 210 g/mol. The van der Waals surface area contributed by atoms with Crippen LogP contribution >= 0.6 is 0 Å². The van der Waals surface area contributed by atoms with Gasteiger partial charge in [-0.05, 0) is 18.6 Å². The lowest BCUT2D eigenvalue weighted by Gasteiger charge is -2.10. The molecule has 0 amide bonds. The second-order valence-corrected chi connectivity index (χ2v) is 3.04. The summed E-state index contributed by atoms with van der Waals surface area (Å²) in [7, 11) is 1.42. The van der Waals surface area contributed by atoms with Crippen LogP contribution < -0.4 is 9.47 Å². The molecule has 4 nitrogen and oxygen atoms in total. The molecule has 15 heavy (non-hydrogen) atoms. The van der Waals surface area contributed by atoms with Crippen molar-refractivity contribution in [2.24, 2.45) is 0 Å². The standard InChI is InChI=1S/C11H14O4/c1-3-4-15-10-6-8(7-12)5-9(14-2)11(10)13/h5-7,13H,3-4H2,1-2H3. The van der Waals surface area contributed by atoms with E-state index in [0.717, 1.165) is 6.42 Å². The van der Waals surface area contributed by atoms with Gasteiger partial charge in [-0.15, -0.1) is 0 Å². The molecule has 1 rings (SSSR count). The first-order chi connectivity index (χ1) is 7.22. The molecule has 0 saturated carbocycles. The van der Waals surface area contributed by atoms with E-state index in [0.29, 0.717) is 18.5 Å². The maximum atomic E-state index is 10.6. The van der Waals surface area contributed by atoms with Crippen LogP contribution in [0, 0.1) is 0 Å². The third-order valence-corrected chi connectivity index (χ3v) is 1.88. The summed E-state index contributed by atoms with van der Waals surface area (Å²) < 4.78 is 10.2. The fraction of sp³-hybridized carbons (Fsp3) is 0.364. The molecule has 0 atom stereocenters. The lowest BCUT2D eigenvalue weighted by Crippen LogP contribution is -1.97. The van der Waals surface area contributed by atoms with Crippen LogP contribution in [0.2, 0.25) is 0 Å². The van der Waals surface area contributed by atoms with Crippen molar-refractivity contribution in [3.63, 3.8) is 0 Å². The minimum absolute atomic E-state index is 0.0726. The summed E-state index contributed by atoms with van der Waals surface area (Å²) in [5.41, 5.74) is 0.413. The number of aromatic hydroxyl groups is 1. The van der Waals surface area contributed by atoms with Gasteiger partial charge in [-0.3, -0.25) is 4.79 Å². The number of ether oxygens (including phenoxy) is 2. The molecule has 0 spiro atoms. The zero-order chi connectivity index (χ0) is 11.3. The first-order valence-corrected chi connectivity index (χ1v) is 4.71. The highest BCUT2D eigenvalue weighted by Crippen LogP contribution is 2.36. The number of benzene rings is 1. The van der Waals surface area contributed by atoms with Gasteiger partial charge < -0.3 is 14.6 Å². The number of carbonyl (C=O) groups is 1. The summed E-state index contributed by atoms with van der Waals surface area (Å²) in [5, 5.41) is 9.67. The number of methoxy groups -OCH3 is 1. The number of phenols is 1. The maximum Gasteiger partial charge on any atom is 0.200 e. The molecule has 0 aliphatic carbocycles. The Labute approximate surface area is 88.4 Å². The molecule has 0 heterocycles. The SMILES string of the molecule is CCCOc1cc(C=O)cc(OC)c1O. The summed E-state index contributed by atoms with van der Waals surface area (Å²) in [5.74, 6) is 0.445. The Bertz CT molecular complexity index is 347. The highest BCUT2D eigenvalue weighted by molar-refractivity contribution is 5.78. The average Bonchev–Trinajstić information content (AvgIpc) is 2.27. The van der Waals surface area contributed by atoms with E-state index in [1.807, 2.05) is 6.92 Å². The molecule has 0 aromatic heterocycles. The van der Waals surface area contributed by atoms with Crippen LogP contribution in [-0.4, -0.2) is 25.1 Å². The largest absolute Gasteiger partial charge is 0.502 e. The third kappa shape index (κ3) is 2.62. The number of hydrogen-bond acceptors (Lipinski definition) is 4. The fourth-order valence-corrected chi connectivity index (χ4v) is 1.15. The van der Waals surface area contributed by atoms with Gasteiger partial charge >= 0.3 is 0 Å². The number of aldehydes is 1. The third-order valence-electron chi connectivity index (χ3n) is 1.88. The van der Waals surface area contributed by atoms with Crippen molar-refractivity contribution in [1.29, 1.82) is 0 Å². The molecule has 0 bridgehead atoms. The molecule has 0 unspecified atom stereocenters. The van der Waals surface area contributed by atoms with Crippen LogP contribution in [0.25, 0.3) is 0 Å². The van der Waals surface area contributed by atoms with Gasteiger partial charge in [0, 0.05) is 5.56 Å². The van der Waals surface area contributed by atoms with Crippen LogP contribution in [0.1, 0.15) is 23.7 Å². The van der Waals surface area contributed by atoms with E-state index in [1.54, 1.807) is 0 Å².